The Morgan fingerprint density at radius 1 is 1.53 bits per heavy atom. The first-order valence-electron chi connectivity index (χ1n) is 5.98. The van der Waals surface area contributed by atoms with Crippen molar-refractivity contribution in [1.29, 1.82) is 0 Å². The maximum atomic E-state index is 10.9. The predicted octanol–water partition coefficient (Wildman–Crippen LogP) is 2.91. The Hall–Kier alpha value is -0.970. The predicted molar refractivity (Wildman–Crippen MR) is 74.0 cm³/mol. The lowest BCUT2D eigenvalue weighted by Gasteiger charge is -2.18. The van der Waals surface area contributed by atoms with Crippen LogP contribution in [-0.2, 0) is 11.3 Å². The van der Waals surface area contributed by atoms with Gasteiger partial charge in [-0.3, -0.25) is 9.69 Å². The van der Waals surface area contributed by atoms with E-state index in [2.05, 4.69) is 4.90 Å². The topological polar surface area (TPSA) is 49.8 Å². The number of carbonyl (C=O) groups is 1. The zero-order chi connectivity index (χ0) is 14.0. The van der Waals surface area contributed by atoms with Gasteiger partial charge in [0.15, 0.2) is 0 Å². The third-order valence-corrected chi connectivity index (χ3v) is 3.80. The summed E-state index contributed by atoms with van der Waals surface area (Å²) in [4.78, 5) is 13.0. The van der Waals surface area contributed by atoms with Crippen LogP contribution in [0.25, 0.3) is 0 Å². The monoisotopic (exact) mass is 303 g/mol. The van der Waals surface area contributed by atoms with Crippen LogP contribution in [0.4, 0.5) is 0 Å². The van der Waals surface area contributed by atoms with Gasteiger partial charge in [-0.15, -0.1) is 0 Å². The van der Waals surface area contributed by atoms with Crippen molar-refractivity contribution in [1.82, 2.24) is 4.90 Å². The molecule has 6 heteroatoms. The van der Waals surface area contributed by atoms with Crippen LogP contribution in [0.15, 0.2) is 12.1 Å². The molecule has 1 aliphatic rings. The highest BCUT2D eigenvalue weighted by molar-refractivity contribution is 6.35. The van der Waals surface area contributed by atoms with Gasteiger partial charge in [0.1, 0.15) is 5.75 Å². The van der Waals surface area contributed by atoms with Gasteiger partial charge in [0.05, 0.1) is 18.1 Å². The second kappa shape index (κ2) is 5.99. The normalized spacial score (nSPS) is 19.6. The molecule has 1 heterocycles. The SMILES string of the molecule is COc1c(Cl)cc(Cl)cc1CN1CCC(C(=O)O)C1. The maximum absolute atomic E-state index is 10.9. The van der Waals surface area contributed by atoms with Crippen molar-refractivity contribution >= 4 is 29.2 Å². The molecule has 0 spiro atoms. The highest BCUT2D eigenvalue weighted by Crippen LogP contribution is 2.33. The number of aliphatic carboxylic acids is 1. The fraction of sp³-hybridized carbons (Fsp3) is 0.462. The van der Waals surface area contributed by atoms with Crippen molar-refractivity contribution in [3.63, 3.8) is 0 Å². The molecule has 1 fully saturated rings. The second-order valence-corrected chi connectivity index (χ2v) is 5.48. The van der Waals surface area contributed by atoms with Crippen LogP contribution >= 0.6 is 23.2 Å². The number of likely N-dealkylation sites (tertiary alicyclic amines) is 1. The summed E-state index contributed by atoms with van der Waals surface area (Å²) in [6, 6.07) is 3.44. The molecule has 0 amide bonds. The van der Waals surface area contributed by atoms with Crippen LogP contribution in [0, 0.1) is 5.92 Å². The van der Waals surface area contributed by atoms with Gasteiger partial charge in [-0.1, -0.05) is 23.2 Å². The summed E-state index contributed by atoms with van der Waals surface area (Å²) in [6.45, 7) is 1.89. The molecule has 0 saturated carbocycles. The smallest absolute Gasteiger partial charge is 0.307 e. The van der Waals surface area contributed by atoms with E-state index >= 15 is 0 Å². The van der Waals surface area contributed by atoms with E-state index in [0.717, 1.165) is 12.1 Å². The number of carboxylic acid groups (broad SMARTS) is 1. The van der Waals surface area contributed by atoms with Crippen molar-refractivity contribution < 1.29 is 14.6 Å². The van der Waals surface area contributed by atoms with E-state index in [4.69, 9.17) is 33.0 Å². The molecule has 1 unspecified atom stereocenters. The standard InChI is InChI=1S/C13H15Cl2NO3/c1-19-12-9(4-10(14)5-11(12)15)7-16-3-2-8(6-16)13(17)18/h4-5,8H,2-3,6-7H2,1H3,(H,17,18). The van der Waals surface area contributed by atoms with Crippen LogP contribution in [0.1, 0.15) is 12.0 Å². The molecule has 0 aromatic heterocycles. The molecular weight excluding hydrogens is 289 g/mol. The molecule has 104 valence electrons. The number of ether oxygens (including phenoxy) is 1. The van der Waals surface area contributed by atoms with E-state index in [1.165, 1.54) is 0 Å². The number of rotatable bonds is 4. The molecule has 0 bridgehead atoms. The van der Waals surface area contributed by atoms with E-state index in [1.54, 1.807) is 19.2 Å². The molecule has 0 aliphatic carbocycles. The number of hydrogen-bond donors (Lipinski definition) is 1. The van der Waals surface area contributed by atoms with Gasteiger partial charge >= 0.3 is 5.97 Å². The zero-order valence-electron chi connectivity index (χ0n) is 10.5. The third kappa shape index (κ3) is 3.32. The van der Waals surface area contributed by atoms with Crippen molar-refractivity contribution in [3.8, 4) is 5.75 Å². The maximum Gasteiger partial charge on any atom is 0.307 e. The van der Waals surface area contributed by atoms with Gasteiger partial charge in [0.25, 0.3) is 0 Å². The van der Waals surface area contributed by atoms with Gasteiger partial charge in [-0.25, -0.2) is 0 Å². The van der Waals surface area contributed by atoms with Crippen LogP contribution in [0.5, 0.6) is 5.75 Å². The first-order chi connectivity index (χ1) is 9.01. The molecule has 1 N–H and O–H groups in total. The van der Waals surface area contributed by atoms with E-state index in [1.807, 2.05) is 0 Å². The number of benzene rings is 1. The number of halogens is 2. The fourth-order valence-corrected chi connectivity index (χ4v) is 2.99. The van der Waals surface area contributed by atoms with Gasteiger partial charge in [-0.05, 0) is 25.1 Å². The van der Waals surface area contributed by atoms with E-state index in [9.17, 15) is 4.79 Å². The molecule has 1 aromatic carbocycles. The third-order valence-electron chi connectivity index (χ3n) is 3.30. The molecule has 19 heavy (non-hydrogen) atoms. The minimum absolute atomic E-state index is 0.291. The fourth-order valence-electron chi connectivity index (χ4n) is 2.38. The molecule has 1 saturated heterocycles. The van der Waals surface area contributed by atoms with Crippen molar-refractivity contribution in [2.45, 2.75) is 13.0 Å². The van der Waals surface area contributed by atoms with E-state index in [-0.39, 0.29) is 5.92 Å². The molecule has 1 atom stereocenters. The first-order valence-corrected chi connectivity index (χ1v) is 6.74. The first kappa shape index (κ1) is 14.4. The summed E-state index contributed by atoms with van der Waals surface area (Å²) in [5.74, 6) is -0.427. The average molecular weight is 304 g/mol. The second-order valence-electron chi connectivity index (χ2n) is 4.64. The number of carboxylic acids is 1. The lowest BCUT2D eigenvalue weighted by molar-refractivity contribution is -0.141. The van der Waals surface area contributed by atoms with Crippen LogP contribution in [-0.4, -0.2) is 36.2 Å². The average Bonchev–Trinajstić information content (AvgIpc) is 2.77. The lowest BCUT2D eigenvalue weighted by Crippen LogP contribution is -2.23. The summed E-state index contributed by atoms with van der Waals surface area (Å²) >= 11 is 12.1. The Labute approximate surface area is 121 Å². The quantitative estimate of drug-likeness (QED) is 0.929. The summed E-state index contributed by atoms with van der Waals surface area (Å²) in [7, 11) is 1.56. The molecule has 1 aromatic rings. The number of methoxy groups -OCH3 is 1. The Morgan fingerprint density at radius 3 is 2.84 bits per heavy atom. The highest BCUT2D eigenvalue weighted by Gasteiger charge is 2.28. The van der Waals surface area contributed by atoms with Gasteiger partial charge in [-0.2, -0.15) is 0 Å². The Balaban J connectivity index is 2.13. The number of hydrogen-bond acceptors (Lipinski definition) is 3. The van der Waals surface area contributed by atoms with Crippen LogP contribution in [0.2, 0.25) is 10.0 Å². The lowest BCUT2D eigenvalue weighted by atomic mass is 10.1. The summed E-state index contributed by atoms with van der Waals surface area (Å²) in [5, 5.41) is 10.0. The van der Waals surface area contributed by atoms with Gasteiger partial charge in [0, 0.05) is 23.7 Å². The minimum atomic E-state index is -0.737. The largest absolute Gasteiger partial charge is 0.495 e. The zero-order valence-corrected chi connectivity index (χ0v) is 12.0. The van der Waals surface area contributed by atoms with Crippen molar-refractivity contribution in [2.24, 2.45) is 5.92 Å². The van der Waals surface area contributed by atoms with Gasteiger partial charge < -0.3 is 9.84 Å². The van der Waals surface area contributed by atoms with Crippen LogP contribution < -0.4 is 4.74 Å². The minimum Gasteiger partial charge on any atom is -0.495 e. The van der Waals surface area contributed by atoms with Gasteiger partial charge in [0.2, 0.25) is 0 Å². The molecule has 0 radical (unpaired) electrons. The molecule has 1 aliphatic heterocycles. The Morgan fingerprint density at radius 2 is 2.26 bits per heavy atom. The summed E-state index contributed by atoms with van der Waals surface area (Å²) < 4.78 is 5.28. The van der Waals surface area contributed by atoms with E-state index < -0.39 is 5.97 Å². The molecular formula is C13H15Cl2NO3. The summed E-state index contributed by atoms with van der Waals surface area (Å²) in [5.41, 5.74) is 0.881. The number of nitrogens with zero attached hydrogens (tertiary/aromatic N) is 1. The highest BCUT2D eigenvalue weighted by atomic mass is 35.5. The molecule has 2 rings (SSSR count). The molecule has 4 nitrogen and oxygen atoms in total. The van der Waals surface area contributed by atoms with Crippen molar-refractivity contribution in [2.75, 3.05) is 20.2 Å². The Bertz CT molecular complexity index is 493. The Kier molecular flexibility index (Phi) is 4.55. The summed E-state index contributed by atoms with van der Waals surface area (Å²) in [6.07, 6.45) is 0.673. The van der Waals surface area contributed by atoms with E-state index in [0.29, 0.717) is 35.3 Å². The van der Waals surface area contributed by atoms with Crippen molar-refractivity contribution in [3.05, 3.63) is 27.7 Å². The van der Waals surface area contributed by atoms with Crippen LogP contribution in [0.3, 0.4) is 0 Å².